The van der Waals surface area contributed by atoms with Crippen LogP contribution in [-0.2, 0) is 16.1 Å². The minimum absolute atomic E-state index is 0.0668. The van der Waals surface area contributed by atoms with E-state index in [0.29, 0.717) is 22.8 Å². The van der Waals surface area contributed by atoms with Crippen LogP contribution in [0, 0.1) is 30.1 Å². The zero-order valence-electron chi connectivity index (χ0n) is 18.4. The minimum Gasteiger partial charge on any atom is -0.316 e. The molecule has 5 rings (SSSR count). The summed E-state index contributed by atoms with van der Waals surface area (Å²) in [5, 5.41) is 13.4. The Bertz CT molecular complexity index is 1290. The van der Waals surface area contributed by atoms with Gasteiger partial charge in [-0.05, 0) is 68.4 Å². The fourth-order valence-electron chi connectivity index (χ4n) is 4.81. The molecule has 0 spiro atoms. The van der Waals surface area contributed by atoms with Crippen LogP contribution < -0.4 is 10.2 Å². The molecule has 2 atom stereocenters. The zero-order chi connectivity index (χ0) is 23.1. The molecule has 33 heavy (non-hydrogen) atoms. The maximum atomic E-state index is 13.0. The number of amides is 2. The number of anilines is 1. The fourth-order valence-corrected chi connectivity index (χ4v) is 6.99. The molecule has 2 amide bonds. The Morgan fingerprint density at radius 1 is 1.18 bits per heavy atom. The Labute approximate surface area is 200 Å². The fraction of sp³-hybridized carbons (Fsp3) is 0.375. The molecule has 0 radical (unpaired) electrons. The molecule has 0 bridgehead atoms. The number of aromatic nitrogens is 2. The number of hydrogen-bond acceptors (Lipinski definition) is 8. The predicted octanol–water partition coefficient (Wildman–Crippen LogP) is 4.42. The van der Waals surface area contributed by atoms with Crippen LogP contribution in [0.15, 0.2) is 33.6 Å². The van der Waals surface area contributed by atoms with Crippen LogP contribution in [-0.4, -0.2) is 28.8 Å². The summed E-state index contributed by atoms with van der Waals surface area (Å²) in [5.74, 6) is -0.470. The molecule has 7 nitrogen and oxygen atoms in total. The summed E-state index contributed by atoms with van der Waals surface area (Å²) in [4.78, 5) is 36.6. The van der Waals surface area contributed by atoms with E-state index in [1.807, 2.05) is 32.2 Å². The maximum absolute atomic E-state index is 13.0. The van der Waals surface area contributed by atoms with Crippen LogP contribution in [0.4, 0.5) is 5.69 Å². The molecule has 2 fully saturated rings. The van der Waals surface area contributed by atoms with Crippen molar-refractivity contribution in [3.63, 3.8) is 0 Å². The van der Waals surface area contributed by atoms with E-state index in [9.17, 15) is 14.9 Å². The molecule has 3 heterocycles. The molecule has 1 aliphatic heterocycles. The van der Waals surface area contributed by atoms with Crippen LogP contribution in [0.1, 0.15) is 42.5 Å². The summed E-state index contributed by atoms with van der Waals surface area (Å²) in [7, 11) is 1.85. The molecular weight excluding hydrogens is 454 g/mol. The largest absolute Gasteiger partial charge is 0.316 e. The standard InChI is InChI=1S/C24H23N5O2S2/c1-13-9-14(12-26-2)18(11-25)21(27-13)33-24-28-19-8-7-15(10-20(19)32-24)29-22(30)16-5-3-4-6-17(16)23(29)31/h7-10,16-17,26H,3-6,12H2,1-2H3/t16-,17-/m0/s1. The SMILES string of the molecule is CNCc1cc(C)nc(Sc2nc3ccc(N4C(=O)[C@H]5CCCC[C@@H]5C4=O)cc3s2)c1C#N. The number of carbonyl (C=O) groups is 2. The number of nitriles is 1. The molecule has 1 aromatic carbocycles. The van der Waals surface area contributed by atoms with Crippen LogP contribution >= 0.6 is 23.1 Å². The molecule has 9 heteroatoms. The van der Waals surface area contributed by atoms with Gasteiger partial charge in [-0.2, -0.15) is 5.26 Å². The third kappa shape index (κ3) is 3.92. The second kappa shape index (κ2) is 8.86. The number of thiazole rings is 1. The van der Waals surface area contributed by atoms with Crippen molar-refractivity contribution in [2.45, 2.75) is 48.5 Å². The van der Waals surface area contributed by atoms with Crippen molar-refractivity contribution in [1.29, 1.82) is 5.26 Å². The lowest BCUT2D eigenvalue weighted by molar-refractivity contribution is -0.122. The van der Waals surface area contributed by atoms with Gasteiger partial charge in [0.05, 0.1) is 33.3 Å². The van der Waals surface area contributed by atoms with Crippen LogP contribution in [0.25, 0.3) is 10.2 Å². The van der Waals surface area contributed by atoms with E-state index >= 15 is 0 Å². The first-order chi connectivity index (χ1) is 16.0. The van der Waals surface area contributed by atoms with Gasteiger partial charge in [0.25, 0.3) is 0 Å². The number of pyridine rings is 1. The number of imide groups is 1. The highest BCUT2D eigenvalue weighted by Gasteiger charge is 2.48. The molecule has 168 valence electrons. The Kier molecular flexibility index (Phi) is 5.91. The zero-order valence-corrected chi connectivity index (χ0v) is 20.1. The smallest absolute Gasteiger partial charge is 0.237 e. The summed E-state index contributed by atoms with van der Waals surface area (Å²) in [6.07, 6.45) is 3.62. The lowest BCUT2D eigenvalue weighted by atomic mass is 9.81. The molecule has 2 aliphatic rings. The second-order valence-corrected chi connectivity index (χ2v) is 10.8. The molecule has 2 aromatic heterocycles. The average Bonchev–Trinajstić information content (AvgIpc) is 3.31. The van der Waals surface area contributed by atoms with Crippen LogP contribution in [0.2, 0.25) is 0 Å². The van der Waals surface area contributed by atoms with Crippen molar-refractivity contribution in [2.24, 2.45) is 11.8 Å². The Balaban J connectivity index is 1.46. The van der Waals surface area contributed by atoms with E-state index in [2.05, 4.69) is 16.4 Å². The molecule has 1 saturated carbocycles. The number of nitrogens with one attached hydrogen (secondary N) is 1. The molecular formula is C24H23N5O2S2. The van der Waals surface area contributed by atoms with Crippen molar-refractivity contribution in [2.75, 3.05) is 11.9 Å². The van der Waals surface area contributed by atoms with Gasteiger partial charge < -0.3 is 5.32 Å². The third-order valence-corrected chi connectivity index (χ3v) is 8.38. The van der Waals surface area contributed by atoms with Gasteiger partial charge in [0.15, 0.2) is 4.34 Å². The summed E-state index contributed by atoms with van der Waals surface area (Å²) < 4.78 is 1.66. The van der Waals surface area contributed by atoms with Gasteiger partial charge in [0, 0.05) is 12.2 Å². The first kappa shape index (κ1) is 22.0. The van der Waals surface area contributed by atoms with Gasteiger partial charge in [-0.3, -0.25) is 14.5 Å². The quantitative estimate of drug-likeness (QED) is 0.543. The topological polar surface area (TPSA) is 99.0 Å². The molecule has 3 aromatic rings. The molecule has 1 aliphatic carbocycles. The van der Waals surface area contributed by atoms with Crippen molar-refractivity contribution >= 4 is 50.8 Å². The van der Waals surface area contributed by atoms with E-state index in [1.165, 1.54) is 28.0 Å². The van der Waals surface area contributed by atoms with E-state index in [-0.39, 0.29) is 23.7 Å². The minimum atomic E-state index is -0.168. The van der Waals surface area contributed by atoms with Crippen LogP contribution in [0.5, 0.6) is 0 Å². The van der Waals surface area contributed by atoms with Crippen molar-refractivity contribution in [3.05, 3.63) is 41.1 Å². The third-order valence-electron chi connectivity index (χ3n) is 6.31. The normalized spacial score (nSPS) is 20.3. The average molecular weight is 478 g/mol. The number of benzene rings is 1. The summed E-state index contributed by atoms with van der Waals surface area (Å²) in [5.41, 5.74) is 3.72. The predicted molar refractivity (Wildman–Crippen MR) is 128 cm³/mol. The number of rotatable bonds is 5. The summed E-state index contributed by atoms with van der Waals surface area (Å²) >= 11 is 2.85. The maximum Gasteiger partial charge on any atom is 0.237 e. The lowest BCUT2D eigenvalue weighted by Gasteiger charge is -2.19. The summed E-state index contributed by atoms with van der Waals surface area (Å²) in [6, 6.07) is 9.75. The van der Waals surface area contributed by atoms with E-state index < -0.39 is 0 Å². The van der Waals surface area contributed by atoms with E-state index in [0.717, 1.165) is 51.5 Å². The van der Waals surface area contributed by atoms with Gasteiger partial charge in [-0.15, -0.1) is 11.3 Å². The van der Waals surface area contributed by atoms with E-state index in [1.54, 1.807) is 6.07 Å². The Morgan fingerprint density at radius 3 is 2.58 bits per heavy atom. The van der Waals surface area contributed by atoms with Gasteiger partial charge in [-0.25, -0.2) is 9.97 Å². The van der Waals surface area contributed by atoms with Crippen molar-refractivity contribution in [3.8, 4) is 6.07 Å². The number of aryl methyl sites for hydroxylation is 1. The second-order valence-electron chi connectivity index (χ2n) is 8.49. The number of hydrogen-bond donors (Lipinski definition) is 1. The van der Waals surface area contributed by atoms with Gasteiger partial charge in [0.2, 0.25) is 11.8 Å². The number of fused-ring (bicyclic) bond motifs is 2. The first-order valence-electron chi connectivity index (χ1n) is 11.0. The van der Waals surface area contributed by atoms with E-state index in [4.69, 9.17) is 4.98 Å². The van der Waals surface area contributed by atoms with Crippen molar-refractivity contribution in [1.82, 2.24) is 15.3 Å². The number of nitrogens with zero attached hydrogens (tertiary/aromatic N) is 4. The highest BCUT2D eigenvalue weighted by Crippen LogP contribution is 2.42. The lowest BCUT2D eigenvalue weighted by Crippen LogP contribution is -2.30. The Hall–Kier alpha value is -2.80. The van der Waals surface area contributed by atoms with Crippen LogP contribution in [0.3, 0.4) is 0 Å². The monoisotopic (exact) mass is 477 g/mol. The summed E-state index contributed by atoms with van der Waals surface area (Å²) in [6.45, 7) is 2.50. The first-order valence-corrected chi connectivity index (χ1v) is 12.6. The molecule has 1 N–H and O–H groups in total. The van der Waals surface area contributed by atoms with Gasteiger partial charge in [0.1, 0.15) is 11.1 Å². The van der Waals surface area contributed by atoms with Gasteiger partial charge in [-0.1, -0.05) is 12.8 Å². The highest BCUT2D eigenvalue weighted by atomic mass is 32.2. The van der Waals surface area contributed by atoms with Crippen molar-refractivity contribution < 1.29 is 9.59 Å². The molecule has 0 unspecified atom stereocenters. The highest BCUT2D eigenvalue weighted by molar-refractivity contribution is 8.01. The Morgan fingerprint density at radius 2 is 1.91 bits per heavy atom. The van der Waals surface area contributed by atoms with Gasteiger partial charge >= 0.3 is 0 Å². The molecule has 1 saturated heterocycles. The number of carbonyl (C=O) groups excluding carboxylic acids is 2.